The highest BCUT2D eigenvalue weighted by Gasteiger charge is 2.69. The molecule has 0 radical (unpaired) electrons. The number of hydrogen-bond donors (Lipinski definition) is 1. The van der Waals surface area contributed by atoms with Gasteiger partial charge >= 0.3 is 6.18 Å². The fourth-order valence-electron chi connectivity index (χ4n) is 4.87. The number of ether oxygens (including phenoxy) is 1. The van der Waals surface area contributed by atoms with Gasteiger partial charge in [0.05, 0.1) is 16.3 Å². The maximum atomic E-state index is 13.4. The molecule has 0 spiro atoms. The first kappa shape index (κ1) is 24.0. The summed E-state index contributed by atoms with van der Waals surface area (Å²) in [5.74, 6) is -1.06. The van der Waals surface area contributed by atoms with Crippen molar-refractivity contribution in [3.8, 4) is 5.75 Å². The molecule has 3 aliphatic rings. The fourth-order valence-corrected chi connectivity index (χ4v) is 6.57. The first-order valence-electron chi connectivity index (χ1n) is 10.1. The minimum atomic E-state index is -4.48. The zero-order chi connectivity index (χ0) is 24.1. The molecule has 3 aliphatic carbocycles. The number of carbonyl (C=O) groups excluding carboxylic acids is 1. The van der Waals surface area contributed by atoms with Gasteiger partial charge in [-0.2, -0.15) is 13.2 Å². The van der Waals surface area contributed by atoms with Crippen LogP contribution < -0.4 is 9.46 Å². The Kier molecular flexibility index (Phi) is 5.99. The van der Waals surface area contributed by atoms with E-state index in [1.165, 1.54) is 12.1 Å². The van der Waals surface area contributed by atoms with Gasteiger partial charge in [-0.15, -0.1) is 0 Å². The maximum absolute atomic E-state index is 13.4. The molecule has 3 saturated carbocycles. The van der Waals surface area contributed by atoms with Crippen LogP contribution in [-0.2, 0) is 26.7 Å². The molecule has 2 bridgehead atoms. The molecular weight excluding hydrogens is 486 g/mol. The predicted molar refractivity (Wildman–Crippen MR) is 113 cm³/mol. The molecule has 2 aromatic rings. The van der Waals surface area contributed by atoms with E-state index in [0.29, 0.717) is 19.3 Å². The summed E-state index contributed by atoms with van der Waals surface area (Å²) in [6.07, 6.45) is -2.73. The van der Waals surface area contributed by atoms with Crippen molar-refractivity contribution in [3.05, 3.63) is 64.4 Å². The van der Waals surface area contributed by atoms with E-state index in [2.05, 4.69) is 4.72 Å². The van der Waals surface area contributed by atoms with Gasteiger partial charge in [0.25, 0.3) is 0 Å². The molecule has 33 heavy (non-hydrogen) atoms. The molecule has 0 atom stereocenters. The summed E-state index contributed by atoms with van der Waals surface area (Å²) in [7, 11) is -3.76. The van der Waals surface area contributed by atoms with Crippen LogP contribution in [-0.4, -0.2) is 26.3 Å². The van der Waals surface area contributed by atoms with Gasteiger partial charge in [0.2, 0.25) is 10.0 Å². The molecule has 0 aliphatic heterocycles. The number of hydrogen-bond acceptors (Lipinski definition) is 4. The lowest BCUT2D eigenvalue weighted by atomic mass is 9.38. The van der Waals surface area contributed by atoms with E-state index in [1.807, 2.05) is 0 Å². The van der Waals surface area contributed by atoms with Crippen molar-refractivity contribution in [2.24, 2.45) is 5.41 Å². The van der Waals surface area contributed by atoms with E-state index in [-0.39, 0.29) is 40.6 Å². The minimum Gasteiger partial charge on any atom is -0.486 e. The van der Waals surface area contributed by atoms with E-state index in [1.54, 1.807) is 0 Å². The lowest BCUT2D eigenvalue weighted by Crippen LogP contribution is -2.75. The maximum Gasteiger partial charge on any atom is 0.416 e. The van der Waals surface area contributed by atoms with E-state index in [9.17, 15) is 30.8 Å². The summed E-state index contributed by atoms with van der Waals surface area (Å²) in [4.78, 5) is 12.3. The van der Waals surface area contributed by atoms with Crippen molar-refractivity contribution in [1.29, 1.82) is 0 Å². The lowest BCUT2D eigenvalue weighted by molar-refractivity contribution is -0.159. The number of halogens is 5. The molecule has 5 nitrogen and oxygen atoms in total. The van der Waals surface area contributed by atoms with Gasteiger partial charge in [0.1, 0.15) is 18.2 Å². The van der Waals surface area contributed by atoms with Gasteiger partial charge in [0, 0.05) is 18.0 Å². The molecule has 0 heterocycles. The van der Waals surface area contributed by atoms with Crippen LogP contribution in [0.1, 0.15) is 36.8 Å². The zero-order valence-corrected chi connectivity index (χ0v) is 18.8. The van der Waals surface area contributed by atoms with Crippen LogP contribution in [0.15, 0.2) is 42.5 Å². The molecule has 1 N–H and O–H groups in total. The van der Waals surface area contributed by atoms with Crippen molar-refractivity contribution in [3.63, 3.8) is 0 Å². The second kappa shape index (κ2) is 8.25. The number of rotatable bonds is 9. The summed E-state index contributed by atoms with van der Waals surface area (Å²) < 4.78 is 84.3. The number of nitrogens with one attached hydrogen (secondary N) is 1. The number of benzene rings is 2. The quantitative estimate of drug-likeness (QED) is 0.493. The van der Waals surface area contributed by atoms with E-state index < -0.39 is 38.9 Å². The third-order valence-electron chi connectivity index (χ3n) is 6.01. The molecule has 0 amide bonds. The number of alkyl halides is 3. The van der Waals surface area contributed by atoms with Crippen molar-refractivity contribution in [2.75, 3.05) is 6.61 Å². The van der Waals surface area contributed by atoms with Gasteiger partial charge in [-0.05, 0) is 54.5 Å². The Labute approximate surface area is 193 Å². The van der Waals surface area contributed by atoms with Gasteiger partial charge in [-0.25, -0.2) is 17.5 Å². The second-order valence-electron chi connectivity index (χ2n) is 8.95. The van der Waals surface area contributed by atoms with Crippen LogP contribution in [0.25, 0.3) is 0 Å². The number of Topliss-reactive ketones (excluding diaryl/α,β-unsaturated/α-hetero) is 1. The smallest absolute Gasteiger partial charge is 0.416 e. The Bertz CT molecular complexity index is 1160. The van der Waals surface area contributed by atoms with Crippen molar-refractivity contribution in [2.45, 2.75) is 43.2 Å². The molecule has 0 aromatic heterocycles. The third kappa shape index (κ3) is 5.33. The molecule has 5 rings (SSSR count). The van der Waals surface area contributed by atoms with Gasteiger partial charge in [0.15, 0.2) is 5.78 Å². The third-order valence-corrected chi connectivity index (χ3v) is 7.78. The van der Waals surface area contributed by atoms with Crippen LogP contribution in [0.3, 0.4) is 0 Å². The van der Waals surface area contributed by atoms with E-state index >= 15 is 0 Å². The van der Waals surface area contributed by atoms with Crippen LogP contribution in [0.2, 0.25) is 5.02 Å². The summed E-state index contributed by atoms with van der Waals surface area (Å²) in [6.45, 7) is -0.227. The summed E-state index contributed by atoms with van der Waals surface area (Å²) in [5.41, 5.74) is -1.47. The standard InChI is InChI=1S/C22H20ClF4NO4S/c23-18-6-5-17(7-19(18)24)32-9-16(29)8-20-11-21(12-20,13-20)28-33(30,31)10-14-1-3-15(4-2-14)22(25,26)27/h1-7,28H,8-13H2. The Morgan fingerprint density at radius 3 is 2.30 bits per heavy atom. The summed E-state index contributed by atoms with van der Waals surface area (Å²) >= 11 is 5.60. The van der Waals surface area contributed by atoms with Gasteiger partial charge < -0.3 is 4.74 Å². The Hall–Kier alpha value is -2.17. The molecule has 178 valence electrons. The molecule has 0 unspecified atom stereocenters. The highest BCUT2D eigenvalue weighted by atomic mass is 35.5. The van der Waals surface area contributed by atoms with Crippen LogP contribution in [0, 0.1) is 11.2 Å². The molecule has 3 fully saturated rings. The van der Waals surface area contributed by atoms with E-state index in [0.717, 1.165) is 30.3 Å². The average molecular weight is 506 g/mol. The van der Waals surface area contributed by atoms with Gasteiger partial charge in [-0.1, -0.05) is 23.7 Å². The number of sulfonamides is 1. The minimum absolute atomic E-state index is 0.0476. The van der Waals surface area contributed by atoms with Crippen LogP contribution in [0.4, 0.5) is 17.6 Å². The molecule has 11 heteroatoms. The summed E-state index contributed by atoms with van der Waals surface area (Å²) in [5, 5.41) is -0.0476. The first-order chi connectivity index (χ1) is 15.3. The molecular formula is C22H20ClF4NO4S. The SMILES string of the molecule is O=C(COc1ccc(Cl)c(F)c1)CC12CC(NS(=O)(=O)Cc3ccc(C(F)(F)F)cc3)(C1)C2. The van der Waals surface area contributed by atoms with Crippen molar-refractivity contribution >= 4 is 27.4 Å². The molecule has 2 aromatic carbocycles. The van der Waals surface area contributed by atoms with Crippen LogP contribution in [0.5, 0.6) is 5.75 Å². The Morgan fingerprint density at radius 2 is 1.73 bits per heavy atom. The second-order valence-corrected chi connectivity index (χ2v) is 11.1. The number of ketones is 1. The largest absolute Gasteiger partial charge is 0.486 e. The van der Waals surface area contributed by atoms with Crippen LogP contribution >= 0.6 is 11.6 Å². The Balaban J connectivity index is 1.24. The summed E-state index contributed by atoms with van der Waals surface area (Å²) in [6, 6.07) is 7.89. The fraction of sp³-hybridized carbons (Fsp3) is 0.409. The van der Waals surface area contributed by atoms with Crippen molar-refractivity contribution < 1.29 is 35.5 Å². The Morgan fingerprint density at radius 1 is 1.09 bits per heavy atom. The highest BCUT2D eigenvalue weighted by Crippen LogP contribution is 2.69. The zero-order valence-electron chi connectivity index (χ0n) is 17.2. The predicted octanol–water partition coefficient (Wildman–Crippen LogP) is 4.88. The van der Waals surface area contributed by atoms with Crippen molar-refractivity contribution in [1.82, 2.24) is 4.72 Å². The average Bonchev–Trinajstić information content (AvgIpc) is 2.65. The lowest BCUT2D eigenvalue weighted by Gasteiger charge is -2.70. The number of carbonyl (C=O) groups is 1. The monoisotopic (exact) mass is 505 g/mol. The first-order valence-corrected chi connectivity index (χ1v) is 12.1. The van der Waals surface area contributed by atoms with E-state index in [4.69, 9.17) is 16.3 Å². The molecule has 0 saturated heterocycles. The van der Waals surface area contributed by atoms with Gasteiger partial charge in [-0.3, -0.25) is 4.79 Å². The topological polar surface area (TPSA) is 72.5 Å². The highest BCUT2D eigenvalue weighted by molar-refractivity contribution is 7.88. The normalized spacial score (nSPS) is 24.0.